The first-order valence-electron chi connectivity index (χ1n) is 9.27. The fourth-order valence-corrected chi connectivity index (χ4v) is 4.27. The lowest BCUT2D eigenvalue weighted by Gasteiger charge is -2.14. The molecule has 4 rings (SSSR count). The van der Waals surface area contributed by atoms with E-state index in [1.807, 2.05) is 67.0 Å². The van der Waals surface area contributed by atoms with Crippen LogP contribution in [0.3, 0.4) is 0 Å². The van der Waals surface area contributed by atoms with Crippen LogP contribution in [0.2, 0.25) is 0 Å². The molecule has 2 atom stereocenters. The number of rotatable bonds is 4. The van der Waals surface area contributed by atoms with E-state index < -0.39 is 0 Å². The van der Waals surface area contributed by atoms with Crippen molar-refractivity contribution in [2.24, 2.45) is 11.8 Å². The summed E-state index contributed by atoms with van der Waals surface area (Å²) in [5.74, 6) is -1.21. The highest BCUT2D eigenvalue weighted by atomic mass is 16.2. The number of fused-ring (bicyclic) bond motifs is 1. The van der Waals surface area contributed by atoms with Crippen LogP contribution in [0.4, 0.5) is 0 Å². The molecule has 1 fully saturated rings. The van der Waals surface area contributed by atoms with Gasteiger partial charge in [-0.05, 0) is 44.9 Å². The van der Waals surface area contributed by atoms with Crippen LogP contribution in [0.5, 0.6) is 0 Å². The minimum atomic E-state index is -0.299. The predicted octanol–water partition coefficient (Wildman–Crippen LogP) is 3.23. The molecule has 2 heterocycles. The second kappa shape index (κ2) is 6.65. The number of nitrogens with zero attached hydrogens (tertiary/aromatic N) is 2. The summed E-state index contributed by atoms with van der Waals surface area (Å²) in [6.45, 7) is 3.66. The van der Waals surface area contributed by atoms with Gasteiger partial charge in [0.15, 0.2) is 5.78 Å². The number of benzene rings is 1. The average molecular weight is 362 g/mol. The Morgan fingerprint density at radius 1 is 1.00 bits per heavy atom. The Bertz CT molecular complexity index is 929. The van der Waals surface area contributed by atoms with Gasteiger partial charge in [0.25, 0.3) is 0 Å². The molecule has 0 saturated carbocycles. The molecule has 0 radical (unpaired) electrons. The number of Topliss-reactive ketones (excluding diaryl/α,β-unsaturated/α-hetero) is 1. The summed E-state index contributed by atoms with van der Waals surface area (Å²) >= 11 is 0. The summed E-state index contributed by atoms with van der Waals surface area (Å²) < 4.78 is 2.02. The van der Waals surface area contributed by atoms with Crippen molar-refractivity contribution >= 4 is 17.6 Å². The average Bonchev–Trinajstić information content (AvgIpc) is 3.11. The van der Waals surface area contributed by atoms with Crippen LogP contribution >= 0.6 is 0 Å². The third-order valence-electron chi connectivity index (χ3n) is 5.65. The molecule has 0 unspecified atom stereocenters. The minimum Gasteiger partial charge on any atom is -0.318 e. The molecule has 1 saturated heterocycles. The van der Waals surface area contributed by atoms with E-state index in [2.05, 4.69) is 0 Å². The van der Waals surface area contributed by atoms with Gasteiger partial charge in [-0.2, -0.15) is 0 Å². The lowest BCUT2D eigenvalue weighted by Crippen LogP contribution is -2.36. The van der Waals surface area contributed by atoms with Crippen molar-refractivity contribution in [1.29, 1.82) is 0 Å². The number of hydrogen-bond donors (Lipinski definition) is 0. The summed E-state index contributed by atoms with van der Waals surface area (Å²) in [6, 6.07) is 11.7. The van der Waals surface area contributed by atoms with E-state index in [4.69, 9.17) is 0 Å². The summed E-state index contributed by atoms with van der Waals surface area (Å²) in [5.41, 5.74) is 3.31. The number of carbonyl (C=O) groups is 3. The van der Waals surface area contributed by atoms with Crippen LogP contribution in [0.25, 0.3) is 5.69 Å². The smallest absolute Gasteiger partial charge is 0.233 e. The van der Waals surface area contributed by atoms with Gasteiger partial charge >= 0.3 is 0 Å². The highest BCUT2D eigenvalue weighted by Crippen LogP contribution is 2.35. The van der Waals surface area contributed by atoms with Gasteiger partial charge in [-0.1, -0.05) is 30.4 Å². The molecule has 0 N–H and O–H groups in total. The molecule has 27 heavy (non-hydrogen) atoms. The lowest BCUT2D eigenvalue weighted by atomic mass is 9.85. The van der Waals surface area contributed by atoms with Gasteiger partial charge in [0.1, 0.15) is 0 Å². The van der Waals surface area contributed by atoms with E-state index in [0.29, 0.717) is 18.4 Å². The number of carbonyl (C=O) groups excluding carboxylic acids is 3. The molecular formula is C22H22N2O3. The number of hydrogen-bond acceptors (Lipinski definition) is 3. The quantitative estimate of drug-likeness (QED) is 0.477. The van der Waals surface area contributed by atoms with Gasteiger partial charge in [-0.25, -0.2) is 0 Å². The highest BCUT2D eigenvalue weighted by molar-refractivity contribution is 6.10. The third-order valence-corrected chi connectivity index (χ3v) is 5.65. The fraction of sp³-hybridized carbons (Fsp3) is 0.318. The Balaban J connectivity index is 1.60. The van der Waals surface area contributed by atoms with Crippen LogP contribution in [0.1, 0.15) is 34.6 Å². The number of imide groups is 1. The van der Waals surface area contributed by atoms with Crippen molar-refractivity contribution in [1.82, 2.24) is 9.47 Å². The van der Waals surface area contributed by atoms with Crippen molar-refractivity contribution in [2.75, 3.05) is 6.54 Å². The van der Waals surface area contributed by atoms with Crippen LogP contribution < -0.4 is 0 Å². The SMILES string of the molecule is Cc1cc(C(=O)CN2C(=O)[C@H]3CC=CC[C@H]3C2=O)c(C)n1-c1ccccc1. The first-order valence-corrected chi connectivity index (χ1v) is 9.27. The summed E-state index contributed by atoms with van der Waals surface area (Å²) in [7, 11) is 0. The molecular weight excluding hydrogens is 340 g/mol. The van der Waals surface area contributed by atoms with Crippen LogP contribution in [0.15, 0.2) is 48.6 Å². The maximum absolute atomic E-state index is 12.9. The number of amides is 2. The normalized spacial score (nSPS) is 21.6. The van der Waals surface area contributed by atoms with Gasteiger partial charge in [0.05, 0.1) is 18.4 Å². The molecule has 1 aromatic carbocycles. The highest BCUT2D eigenvalue weighted by Gasteiger charge is 2.47. The molecule has 0 bridgehead atoms. The summed E-state index contributed by atoms with van der Waals surface area (Å²) in [5, 5.41) is 0. The maximum Gasteiger partial charge on any atom is 0.233 e. The van der Waals surface area contributed by atoms with E-state index in [1.54, 1.807) is 0 Å². The maximum atomic E-state index is 12.9. The zero-order valence-corrected chi connectivity index (χ0v) is 15.5. The number of para-hydroxylation sites is 1. The number of ketones is 1. The molecule has 138 valence electrons. The first kappa shape index (κ1) is 17.5. The fourth-order valence-electron chi connectivity index (χ4n) is 4.27. The standard InChI is InChI=1S/C22H22N2O3/c1-14-12-19(15(2)24(14)16-8-4-3-5-9-16)20(25)13-23-21(26)17-10-6-7-11-18(17)22(23)27/h3-9,12,17-18H,10-11,13H2,1-2H3/t17-,18+. The first-order chi connectivity index (χ1) is 13.0. The monoisotopic (exact) mass is 362 g/mol. The van der Waals surface area contributed by atoms with E-state index in [0.717, 1.165) is 17.1 Å². The van der Waals surface area contributed by atoms with Gasteiger partial charge < -0.3 is 4.57 Å². The van der Waals surface area contributed by atoms with Gasteiger partial charge in [0, 0.05) is 22.6 Å². The topological polar surface area (TPSA) is 59.4 Å². The van der Waals surface area contributed by atoms with Gasteiger partial charge in [0.2, 0.25) is 11.8 Å². The molecule has 2 amide bonds. The summed E-state index contributed by atoms with van der Waals surface area (Å²) in [6.07, 6.45) is 5.07. The van der Waals surface area contributed by atoms with Crippen LogP contribution in [-0.2, 0) is 9.59 Å². The number of aryl methyl sites for hydroxylation is 1. The molecule has 2 aliphatic rings. The molecule has 5 nitrogen and oxygen atoms in total. The molecule has 5 heteroatoms. The van der Waals surface area contributed by atoms with Crippen molar-refractivity contribution in [3.05, 3.63) is 65.5 Å². The number of allylic oxidation sites excluding steroid dienone is 2. The largest absolute Gasteiger partial charge is 0.318 e. The number of aromatic nitrogens is 1. The zero-order chi connectivity index (χ0) is 19.1. The van der Waals surface area contributed by atoms with Crippen molar-refractivity contribution in [2.45, 2.75) is 26.7 Å². The lowest BCUT2D eigenvalue weighted by molar-refractivity contribution is -0.139. The molecule has 1 aliphatic heterocycles. The zero-order valence-electron chi connectivity index (χ0n) is 15.5. The number of likely N-dealkylation sites (tertiary alicyclic amines) is 1. The van der Waals surface area contributed by atoms with E-state index in [9.17, 15) is 14.4 Å². The van der Waals surface area contributed by atoms with Crippen LogP contribution in [-0.4, -0.2) is 33.6 Å². The van der Waals surface area contributed by atoms with Crippen molar-refractivity contribution in [3.8, 4) is 5.69 Å². The molecule has 1 aliphatic carbocycles. The minimum absolute atomic E-state index is 0.177. The predicted molar refractivity (Wildman–Crippen MR) is 102 cm³/mol. The van der Waals surface area contributed by atoms with Gasteiger partial charge in [-0.15, -0.1) is 0 Å². The molecule has 2 aromatic rings. The third kappa shape index (κ3) is 2.83. The Labute approximate surface area is 158 Å². The molecule has 1 aromatic heterocycles. The Morgan fingerprint density at radius 2 is 1.59 bits per heavy atom. The Kier molecular flexibility index (Phi) is 4.30. The van der Waals surface area contributed by atoms with Gasteiger partial charge in [-0.3, -0.25) is 19.3 Å². The second-order valence-corrected chi connectivity index (χ2v) is 7.30. The van der Waals surface area contributed by atoms with E-state index in [1.165, 1.54) is 4.90 Å². The summed E-state index contributed by atoms with van der Waals surface area (Å²) in [4.78, 5) is 39.3. The van der Waals surface area contributed by atoms with Crippen LogP contribution in [0, 0.1) is 25.7 Å². The van der Waals surface area contributed by atoms with E-state index >= 15 is 0 Å². The Morgan fingerprint density at radius 3 is 2.19 bits per heavy atom. The van der Waals surface area contributed by atoms with Crippen molar-refractivity contribution in [3.63, 3.8) is 0 Å². The molecule has 0 spiro atoms. The van der Waals surface area contributed by atoms with E-state index in [-0.39, 0.29) is 36.0 Å². The Hall–Kier alpha value is -2.95. The van der Waals surface area contributed by atoms with Crippen molar-refractivity contribution < 1.29 is 14.4 Å². The second-order valence-electron chi connectivity index (χ2n) is 7.30.